The van der Waals surface area contributed by atoms with Crippen LogP contribution in [-0.4, -0.2) is 28.9 Å². The summed E-state index contributed by atoms with van der Waals surface area (Å²) in [5, 5.41) is 0. The van der Waals surface area contributed by atoms with Crippen LogP contribution >= 0.6 is 15.9 Å². The molecule has 0 saturated carbocycles. The first-order chi connectivity index (χ1) is 8.47. The van der Waals surface area contributed by atoms with Crippen LogP contribution in [0.4, 0.5) is 5.82 Å². The maximum absolute atomic E-state index is 12.4. The summed E-state index contributed by atoms with van der Waals surface area (Å²) in [5.41, 5.74) is 6.28. The molecule has 1 saturated heterocycles. The quantitative estimate of drug-likeness (QED) is 0.867. The summed E-state index contributed by atoms with van der Waals surface area (Å²) in [4.78, 5) is 18.4. The highest BCUT2D eigenvalue weighted by Gasteiger charge is 2.27. The largest absolute Gasteiger partial charge is 0.383 e. The summed E-state index contributed by atoms with van der Waals surface area (Å²) in [6, 6.07) is 1.74. The van der Waals surface area contributed by atoms with Crippen LogP contribution in [0.25, 0.3) is 0 Å². The van der Waals surface area contributed by atoms with Gasteiger partial charge in [0.15, 0.2) is 0 Å². The predicted octanol–water partition coefficient (Wildman–Crippen LogP) is 2.54. The van der Waals surface area contributed by atoms with Gasteiger partial charge in [-0.05, 0) is 40.3 Å². The zero-order valence-electron chi connectivity index (χ0n) is 10.7. The minimum Gasteiger partial charge on any atom is -0.383 e. The van der Waals surface area contributed by atoms with Crippen molar-refractivity contribution in [2.24, 2.45) is 11.8 Å². The van der Waals surface area contributed by atoms with Crippen molar-refractivity contribution in [2.75, 3.05) is 18.8 Å². The molecule has 0 bridgehead atoms. The third-order valence-corrected chi connectivity index (χ3v) is 3.71. The van der Waals surface area contributed by atoms with Crippen LogP contribution in [0.5, 0.6) is 0 Å². The molecular formula is C13H18BrN3O. The third-order valence-electron chi connectivity index (χ3n) is 3.27. The Bertz CT molecular complexity index is 454. The number of likely N-dealkylation sites (tertiary alicyclic amines) is 1. The first kappa shape index (κ1) is 13.3. The molecule has 98 valence electrons. The average molecular weight is 312 g/mol. The summed E-state index contributed by atoms with van der Waals surface area (Å²) in [6.45, 7) is 5.96. The van der Waals surface area contributed by atoms with Crippen LogP contribution in [0.15, 0.2) is 16.7 Å². The van der Waals surface area contributed by atoms with Crippen LogP contribution < -0.4 is 5.73 Å². The minimum absolute atomic E-state index is 0.0142. The molecule has 1 amide bonds. The highest BCUT2D eigenvalue weighted by Crippen LogP contribution is 2.24. The van der Waals surface area contributed by atoms with E-state index in [1.165, 1.54) is 6.42 Å². The number of anilines is 1. The summed E-state index contributed by atoms with van der Waals surface area (Å²) in [7, 11) is 0. The number of hydrogen-bond donors (Lipinski definition) is 1. The predicted molar refractivity (Wildman–Crippen MR) is 75.2 cm³/mol. The zero-order chi connectivity index (χ0) is 13.3. The molecule has 2 N–H and O–H groups in total. The first-order valence-corrected chi connectivity index (χ1v) is 6.97. The van der Waals surface area contributed by atoms with Crippen molar-refractivity contribution in [1.29, 1.82) is 0 Å². The molecule has 1 aliphatic heterocycles. The molecule has 1 aromatic heterocycles. The fourth-order valence-electron chi connectivity index (χ4n) is 2.62. The Morgan fingerprint density at radius 2 is 2.06 bits per heavy atom. The molecule has 0 radical (unpaired) electrons. The number of nitrogens with zero attached hydrogens (tertiary/aromatic N) is 2. The van der Waals surface area contributed by atoms with E-state index in [9.17, 15) is 4.79 Å². The standard InChI is InChI=1S/C13H18BrN3O/c1-8-3-9(2)7-17(6-8)13(18)11-4-10(14)5-16-12(11)15/h4-5,8-9H,3,6-7H2,1-2H3,(H2,15,16). The molecule has 0 aliphatic carbocycles. The number of halogens is 1. The Hall–Kier alpha value is -1.10. The monoisotopic (exact) mass is 311 g/mol. The van der Waals surface area contributed by atoms with Gasteiger partial charge in [0.25, 0.3) is 5.91 Å². The molecule has 1 aromatic rings. The van der Waals surface area contributed by atoms with Crippen molar-refractivity contribution in [1.82, 2.24) is 9.88 Å². The molecule has 2 unspecified atom stereocenters. The van der Waals surface area contributed by atoms with E-state index in [0.717, 1.165) is 17.6 Å². The number of pyridine rings is 1. The average Bonchev–Trinajstić information content (AvgIpc) is 2.30. The number of nitrogens with two attached hydrogens (primary N) is 1. The van der Waals surface area contributed by atoms with Crippen LogP contribution in [-0.2, 0) is 0 Å². The van der Waals surface area contributed by atoms with Crippen molar-refractivity contribution in [3.05, 3.63) is 22.3 Å². The van der Waals surface area contributed by atoms with Gasteiger partial charge in [0.05, 0.1) is 5.56 Å². The molecule has 18 heavy (non-hydrogen) atoms. The van der Waals surface area contributed by atoms with E-state index in [1.54, 1.807) is 12.3 Å². The van der Waals surface area contributed by atoms with Gasteiger partial charge >= 0.3 is 0 Å². The van der Waals surface area contributed by atoms with Gasteiger partial charge in [0.2, 0.25) is 0 Å². The molecule has 1 fully saturated rings. The van der Waals surface area contributed by atoms with Gasteiger partial charge in [-0.3, -0.25) is 4.79 Å². The Balaban J connectivity index is 2.22. The topological polar surface area (TPSA) is 59.2 Å². The lowest BCUT2D eigenvalue weighted by Gasteiger charge is -2.35. The Kier molecular flexibility index (Phi) is 3.90. The lowest BCUT2D eigenvalue weighted by molar-refractivity contribution is 0.0624. The first-order valence-electron chi connectivity index (χ1n) is 6.17. The third kappa shape index (κ3) is 2.83. The van der Waals surface area contributed by atoms with Crippen molar-refractivity contribution < 1.29 is 4.79 Å². The summed E-state index contributed by atoms with van der Waals surface area (Å²) < 4.78 is 0.776. The maximum Gasteiger partial charge on any atom is 0.257 e. The van der Waals surface area contributed by atoms with Crippen molar-refractivity contribution in [3.8, 4) is 0 Å². The highest BCUT2D eigenvalue weighted by molar-refractivity contribution is 9.10. The summed E-state index contributed by atoms with van der Waals surface area (Å²) in [5.74, 6) is 1.37. The van der Waals surface area contributed by atoms with E-state index in [1.807, 2.05) is 4.90 Å². The number of rotatable bonds is 1. The van der Waals surface area contributed by atoms with Gasteiger partial charge in [-0.1, -0.05) is 13.8 Å². The molecule has 2 rings (SSSR count). The second-order valence-corrected chi connectivity index (χ2v) is 6.16. The lowest BCUT2D eigenvalue weighted by atomic mass is 9.91. The number of carbonyl (C=O) groups excluding carboxylic acids is 1. The number of amides is 1. The fourth-order valence-corrected chi connectivity index (χ4v) is 2.95. The van der Waals surface area contributed by atoms with Crippen LogP contribution in [0.3, 0.4) is 0 Å². The van der Waals surface area contributed by atoms with E-state index in [4.69, 9.17) is 5.73 Å². The molecule has 1 aliphatic rings. The van der Waals surface area contributed by atoms with Gasteiger partial charge in [-0.25, -0.2) is 4.98 Å². The molecule has 0 aromatic carbocycles. The summed E-state index contributed by atoms with van der Waals surface area (Å²) >= 11 is 3.32. The molecule has 2 heterocycles. The van der Waals surface area contributed by atoms with Crippen molar-refractivity contribution in [2.45, 2.75) is 20.3 Å². The number of carbonyl (C=O) groups is 1. The van der Waals surface area contributed by atoms with Crippen LogP contribution in [0.2, 0.25) is 0 Å². The molecule has 5 heteroatoms. The molecule has 2 atom stereocenters. The van der Waals surface area contributed by atoms with E-state index < -0.39 is 0 Å². The fraction of sp³-hybridized carbons (Fsp3) is 0.538. The normalized spacial score (nSPS) is 24.1. The maximum atomic E-state index is 12.4. The second-order valence-electron chi connectivity index (χ2n) is 5.24. The molecule has 4 nitrogen and oxygen atoms in total. The minimum atomic E-state index is -0.0142. The van der Waals surface area contributed by atoms with Gasteiger partial charge < -0.3 is 10.6 Å². The van der Waals surface area contributed by atoms with E-state index >= 15 is 0 Å². The number of hydrogen-bond acceptors (Lipinski definition) is 3. The van der Waals surface area contributed by atoms with Gasteiger partial charge in [-0.15, -0.1) is 0 Å². The van der Waals surface area contributed by atoms with Gasteiger partial charge in [0, 0.05) is 23.8 Å². The zero-order valence-corrected chi connectivity index (χ0v) is 12.3. The van der Waals surface area contributed by atoms with Crippen LogP contribution in [0, 0.1) is 11.8 Å². The Morgan fingerprint density at radius 1 is 1.44 bits per heavy atom. The molecular weight excluding hydrogens is 294 g/mol. The van der Waals surface area contributed by atoms with E-state index in [-0.39, 0.29) is 5.91 Å². The van der Waals surface area contributed by atoms with E-state index in [0.29, 0.717) is 23.2 Å². The van der Waals surface area contributed by atoms with Gasteiger partial charge in [-0.2, -0.15) is 0 Å². The Labute approximate surface area is 116 Å². The second kappa shape index (κ2) is 5.26. The van der Waals surface area contributed by atoms with Gasteiger partial charge in [0.1, 0.15) is 5.82 Å². The number of aromatic nitrogens is 1. The van der Waals surface area contributed by atoms with Crippen LogP contribution in [0.1, 0.15) is 30.6 Å². The van der Waals surface area contributed by atoms with E-state index in [2.05, 4.69) is 34.8 Å². The smallest absolute Gasteiger partial charge is 0.257 e. The Morgan fingerprint density at radius 3 is 2.67 bits per heavy atom. The lowest BCUT2D eigenvalue weighted by Crippen LogP contribution is -2.42. The highest BCUT2D eigenvalue weighted by atomic mass is 79.9. The van der Waals surface area contributed by atoms with Crippen molar-refractivity contribution in [3.63, 3.8) is 0 Å². The molecule has 0 spiro atoms. The number of piperidine rings is 1. The summed E-state index contributed by atoms with van der Waals surface area (Å²) in [6.07, 6.45) is 2.78. The number of nitrogen functional groups attached to an aromatic ring is 1. The van der Waals surface area contributed by atoms with Crippen molar-refractivity contribution >= 4 is 27.7 Å². The SMILES string of the molecule is CC1CC(C)CN(C(=O)c2cc(Br)cnc2N)C1.